The summed E-state index contributed by atoms with van der Waals surface area (Å²) >= 11 is 0. The Balaban J connectivity index is 0.881. The van der Waals surface area contributed by atoms with Crippen molar-refractivity contribution in [3.05, 3.63) is 206 Å². The molecule has 0 radical (unpaired) electrons. The van der Waals surface area contributed by atoms with Crippen molar-refractivity contribution >= 4 is 83.5 Å². The molecule has 10 aromatic carbocycles. The molecule has 5 nitrogen and oxygen atoms in total. The van der Waals surface area contributed by atoms with Gasteiger partial charge in [0.15, 0.2) is 0 Å². The smallest absolute Gasteiger partial charge is 0.434 e. The molecule has 6 heteroatoms. The third-order valence-electron chi connectivity index (χ3n) is 13.9. The molecule has 0 saturated heterocycles. The van der Waals surface area contributed by atoms with Gasteiger partial charge in [0.05, 0.1) is 11.0 Å². The molecule has 0 saturated carbocycles. The fourth-order valence-electron chi connectivity index (χ4n) is 10.9. The first-order valence-electron chi connectivity index (χ1n) is 22.4. The Labute approximate surface area is 378 Å². The highest BCUT2D eigenvalue weighted by Crippen LogP contribution is 2.46. The van der Waals surface area contributed by atoms with Gasteiger partial charge in [-0.1, -0.05) is 133 Å². The van der Waals surface area contributed by atoms with Crippen molar-refractivity contribution in [2.75, 3.05) is 0 Å². The minimum atomic E-state index is -0.343. The fourth-order valence-corrected chi connectivity index (χ4v) is 10.9. The standard InChI is InChI=1S/C60H34BNO4/c1-2-13-40(39(12-1)35-25-28-54-47(30-35)44-16-5-9-22-53(44)63-54)36-24-27-45-49-31-37(33-58-59(49)61(66-57(45)32-36)50-19-6-10-23-56(50)64-58)41-17-11-18-46-48-34-38(26-29-55(48)65-60(41)46)62-51-20-7-3-14-42(51)43-15-4-8-21-52(43)62/h1-34H. The second-order valence-corrected chi connectivity index (χ2v) is 17.5. The van der Waals surface area contributed by atoms with Crippen molar-refractivity contribution in [1.29, 1.82) is 0 Å². The molecule has 0 bridgehead atoms. The summed E-state index contributed by atoms with van der Waals surface area (Å²) in [6.45, 7) is -0.343. The number of hydrogen-bond donors (Lipinski definition) is 0. The van der Waals surface area contributed by atoms with E-state index in [1.165, 1.54) is 21.8 Å². The van der Waals surface area contributed by atoms with Crippen LogP contribution < -0.4 is 20.3 Å². The number of nitrogens with zero attached hydrogens (tertiary/aromatic N) is 1. The Bertz CT molecular complexity index is 4160. The average molecular weight is 844 g/mol. The zero-order chi connectivity index (χ0) is 43.0. The van der Waals surface area contributed by atoms with Crippen LogP contribution in [0.4, 0.5) is 0 Å². The van der Waals surface area contributed by atoms with Gasteiger partial charge in [0.25, 0.3) is 0 Å². The van der Waals surface area contributed by atoms with Crippen molar-refractivity contribution in [3.63, 3.8) is 0 Å². The molecule has 0 spiro atoms. The molecule has 5 heterocycles. The number of furan rings is 2. The van der Waals surface area contributed by atoms with Crippen LogP contribution >= 0.6 is 0 Å². The Morgan fingerprint density at radius 2 is 0.970 bits per heavy atom. The van der Waals surface area contributed by atoms with E-state index in [0.29, 0.717) is 0 Å². The van der Waals surface area contributed by atoms with Crippen LogP contribution in [0.1, 0.15) is 0 Å². The third-order valence-corrected chi connectivity index (χ3v) is 13.9. The summed E-state index contributed by atoms with van der Waals surface area (Å²) in [5.41, 5.74) is 17.5. The molecule has 2 aliphatic heterocycles. The SMILES string of the molecule is c1ccc2c(c1)Oc1cc(-c3cccc4c3oc3ccc(-n5c6ccccc6c6ccccc65)cc34)cc3c1B2Oc1cc(-c2ccccc2-c2ccc4oc5ccccc5c4c2)ccc1-3. The maximum absolute atomic E-state index is 7.11. The molecule has 0 aliphatic carbocycles. The van der Waals surface area contributed by atoms with Crippen LogP contribution in [0.15, 0.2) is 215 Å². The van der Waals surface area contributed by atoms with Gasteiger partial charge in [0.2, 0.25) is 0 Å². The summed E-state index contributed by atoms with van der Waals surface area (Å²) in [6, 6.07) is 72.9. The van der Waals surface area contributed by atoms with Crippen LogP contribution in [-0.4, -0.2) is 11.5 Å². The molecule has 0 unspecified atom stereocenters. The summed E-state index contributed by atoms with van der Waals surface area (Å²) in [7, 11) is 0. The molecule has 3 aromatic heterocycles. The zero-order valence-electron chi connectivity index (χ0n) is 35.3. The summed E-state index contributed by atoms with van der Waals surface area (Å²) in [5, 5.41) is 6.83. The average Bonchev–Trinajstić information content (AvgIpc) is 4.05. The highest BCUT2D eigenvalue weighted by molar-refractivity contribution is 6.84. The van der Waals surface area contributed by atoms with Gasteiger partial charge in [-0.15, -0.1) is 0 Å². The van der Waals surface area contributed by atoms with Crippen molar-refractivity contribution < 1.29 is 18.2 Å². The van der Waals surface area contributed by atoms with E-state index in [4.69, 9.17) is 18.2 Å². The molecular weight excluding hydrogens is 809 g/mol. The zero-order valence-corrected chi connectivity index (χ0v) is 35.3. The number of aromatic nitrogens is 1. The number of benzene rings is 10. The maximum Gasteiger partial charge on any atom is 0.434 e. The summed E-state index contributed by atoms with van der Waals surface area (Å²) < 4.78 is 29.3. The predicted octanol–water partition coefficient (Wildman–Crippen LogP) is 14.9. The fraction of sp³-hybridized carbons (Fsp3) is 0. The first-order valence-corrected chi connectivity index (χ1v) is 22.4. The minimum absolute atomic E-state index is 0.343. The summed E-state index contributed by atoms with van der Waals surface area (Å²) in [4.78, 5) is 0. The van der Waals surface area contributed by atoms with Crippen LogP contribution in [0.3, 0.4) is 0 Å². The molecule has 15 rings (SSSR count). The van der Waals surface area contributed by atoms with Gasteiger partial charge in [0.1, 0.15) is 39.6 Å². The second-order valence-electron chi connectivity index (χ2n) is 17.5. The molecule has 66 heavy (non-hydrogen) atoms. The van der Waals surface area contributed by atoms with Crippen LogP contribution in [0.25, 0.3) is 116 Å². The minimum Gasteiger partial charge on any atom is -0.551 e. The topological polar surface area (TPSA) is 49.7 Å². The molecule has 0 fully saturated rings. The van der Waals surface area contributed by atoms with E-state index < -0.39 is 0 Å². The lowest BCUT2D eigenvalue weighted by Crippen LogP contribution is -2.53. The largest absolute Gasteiger partial charge is 0.551 e. The molecule has 0 amide bonds. The molecule has 306 valence electrons. The molecule has 2 aliphatic rings. The number of fused-ring (bicyclic) bond motifs is 13. The Morgan fingerprint density at radius 3 is 1.82 bits per heavy atom. The lowest BCUT2D eigenvalue weighted by molar-refractivity contribution is 0.479. The van der Waals surface area contributed by atoms with Gasteiger partial charge < -0.3 is 22.8 Å². The molecular formula is C60H34BNO4. The normalized spacial score (nSPS) is 12.8. The van der Waals surface area contributed by atoms with Crippen molar-refractivity contribution in [1.82, 2.24) is 4.57 Å². The monoisotopic (exact) mass is 843 g/mol. The van der Waals surface area contributed by atoms with E-state index in [-0.39, 0.29) is 6.92 Å². The lowest BCUT2D eigenvalue weighted by atomic mass is 9.50. The van der Waals surface area contributed by atoms with Gasteiger partial charge in [0, 0.05) is 60.1 Å². The lowest BCUT2D eigenvalue weighted by Gasteiger charge is -2.33. The van der Waals surface area contributed by atoms with Crippen LogP contribution in [0.5, 0.6) is 17.2 Å². The van der Waals surface area contributed by atoms with E-state index in [1.54, 1.807) is 0 Å². The Morgan fingerprint density at radius 1 is 0.348 bits per heavy atom. The van der Waals surface area contributed by atoms with Gasteiger partial charge >= 0.3 is 6.92 Å². The third kappa shape index (κ3) is 5.06. The molecule has 0 atom stereocenters. The Hall–Kier alpha value is -8.74. The number of para-hydroxylation sites is 5. The quantitative estimate of drug-likeness (QED) is 0.166. The van der Waals surface area contributed by atoms with Gasteiger partial charge in [-0.05, 0) is 106 Å². The number of rotatable bonds is 4. The molecule has 13 aromatic rings. The summed E-state index contributed by atoms with van der Waals surface area (Å²) in [6.07, 6.45) is 0. The van der Waals surface area contributed by atoms with Crippen molar-refractivity contribution in [3.8, 4) is 67.4 Å². The van der Waals surface area contributed by atoms with E-state index in [2.05, 4.69) is 187 Å². The van der Waals surface area contributed by atoms with E-state index in [1.807, 2.05) is 24.3 Å². The van der Waals surface area contributed by atoms with Gasteiger partial charge in [-0.25, -0.2) is 0 Å². The van der Waals surface area contributed by atoms with Gasteiger partial charge in [-0.2, -0.15) is 0 Å². The first kappa shape index (κ1) is 35.7. The van der Waals surface area contributed by atoms with E-state index in [0.717, 1.165) is 122 Å². The maximum atomic E-state index is 7.11. The number of ether oxygens (including phenoxy) is 1. The van der Waals surface area contributed by atoms with Crippen LogP contribution in [-0.2, 0) is 0 Å². The predicted molar refractivity (Wildman–Crippen MR) is 269 cm³/mol. The first-order chi connectivity index (χ1) is 32.7. The Kier molecular flexibility index (Phi) is 7.24. The molecule has 0 N–H and O–H groups in total. The number of hydrogen-bond acceptors (Lipinski definition) is 4. The summed E-state index contributed by atoms with van der Waals surface area (Å²) in [5.74, 6) is 2.41. The highest BCUT2D eigenvalue weighted by Gasteiger charge is 2.41. The van der Waals surface area contributed by atoms with Gasteiger partial charge in [-0.3, -0.25) is 0 Å². The van der Waals surface area contributed by atoms with Crippen LogP contribution in [0, 0.1) is 0 Å². The second kappa shape index (κ2) is 13.4. The van der Waals surface area contributed by atoms with E-state index in [9.17, 15) is 0 Å². The van der Waals surface area contributed by atoms with Crippen molar-refractivity contribution in [2.45, 2.75) is 0 Å². The highest BCUT2D eigenvalue weighted by atomic mass is 16.5. The van der Waals surface area contributed by atoms with Crippen molar-refractivity contribution in [2.24, 2.45) is 0 Å². The van der Waals surface area contributed by atoms with Crippen LogP contribution in [0.2, 0.25) is 0 Å². The van der Waals surface area contributed by atoms with E-state index >= 15 is 0 Å².